The number of carbonyl (C=O) groups is 4. The van der Waals surface area contributed by atoms with Gasteiger partial charge in [0.15, 0.2) is 10.2 Å². The monoisotopic (exact) mass is 2100 g/mol. The fourth-order valence-electron chi connectivity index (χ4n) is 10.7. The molecule has 608 valence electrons. The first-order chi connectivity index (χ1) is 56.0. The standard InChI is InChI=1S/C38H32Br2N7O8S4.C22H15Br2N3O4.C20H16Br2N2O3.2Na.H2O/c1-41-37(56)43-28-13-11-25(33(19-28)59(53,54)55)9-8-24-10-12-27(18-32(24)58(51)52)44-38(57)47-46-36(50)29(15-21-6-7-23-4-2-3-5-26(23)14-21)35(49)45-42-20-22-16-30(39)34(48)31(40)17-22;23-17-10-14(11-18(24)19(17)28)20-26-22(31-27-20)21(29)25-12-13-6-8-16(9-7-13)30-15-4-2-1-3-5-15;21-16-10-15(19(26)18(22)20(16)27)11-23-24-17(25)8-6-12-5-7-13-3-1-2-4-14(13)9-12;;;/h2-14,16-20,29,48H,15H2,1H3,(H,45,49)(H,46,50)(H2,41,43,56)(H2,44,47,57)(H,53,54,55);1-11,28H,12H2,(H,25,29);1-5,7,9-11,26-27H,6,8H2,(H,24,25);;;1H2/q-1;;;2*+1;/b9-8+,42-20+;;23-11+;;;. The van der Waals surface area contributed by atoms with Gasteiger partial charge in [0.25, 0.3) is 11.8 Å². The van der Waals surface area contributed by atoms with E-state index < -0.39 is 49.4 Å². The van der Waals surface area contributed by atoms with E-state index in [4.69, 9.17) is 33.7 Å². The number of hydrogen-bond acceptors (Lipinski definition) is 22. The van der Waals surface area contributed by atoms with E-state index in [-0.39, 0.29) is 154 Å². The number of hydrogen-bond donors (Lipinski definition) is 12. The number of thiocarbonyl (C=S) groups is 2. The number of anilines is 2. The van der Waals surface area contributed by atoms with Crippen LogP contribution in [0.5, 0.6) is 34.5 Å². The Morgan fingerprint density at radius 1 is 0.575 bits per heavy atom. The molecule has 0 aliphatic heterocycles. The molecule has 12 rings (SSSR count). The number of rotatable bonds is 23. The van der Waals surface area contributed by atoms with E-state index in [0.717, 1.165) is 39.1 Å². The maximum absolute atomic E-state index is 13.5. The van der Waals surface area contributed by atoms with E-state index in [1.807, 2.05) is 121 Å². The van der Waals surface area contributed by atoms with Gasteiger partial charge in [0.05, 0.1) is 39.7 Å². The Kier molecular flexibility index (Phi) is 38.4. The van der Waals surface area contributed by atoms with Crippen LogP contribution in [0.15, 0.2) is 258 Å². The molecule has 1 heterocycles. The average molecular weight is 2100 g/mol. The molecule has 1 unspecified atom stereocenters. The van der Waals surface area contributed by atoms with Gasteiger partial charge in [-0.15, -0.1) is 0 Å². The van der Waals surface area contributed by atoms with E-state index in [9.17, 15) is 61.0 Å². The third-order valence-corrected chi connectivity index (χ3v) is 22.5. The fourth-order valence-corrected chi connectivity index (χ4v) is 15.8. The number of ether oxygens (including phenoxy) is 1. The molecule has 11 aromatic carbocycles. The van der Waals surface area contributed by atoms with E-state index in [1.165, 1.54) is 66.4 Å². The van der Waals surface area contributed by atoms with E-state index >= 15 is 0 Å². The predicted molar refractivity (Wildman–Crippen MR) is 479 cm³/mol. The second-order valence-corrected chi connectivity index (χ2v) is 32.8. The first-order valence-electron chi connectivity index (χ1n) is 34.1. The van der Waals surface area contributed by atoms with Crippen molar-refractivity contribution in [1.29, 1.82) is 0 Å². The van der Waals surface area contributed by atoms with Crippen molar-refractivity contribution in [2.75, 3.05) is 17.7 Å². The Labute approximate surface area is 793 Å². The largest absolute Gasteiger partial charge is 1.00 e. The third-order valence-electron chi connectivity index (χ3n) is 16.6. The SMILES string of the molecule is CNC(=S)Nc1ccc(/C=C/c2ccc(NC(=S)NNC(=O)C(Cc3ccc4ccccc4c3)C(=O)N/N=C/c3cc(Br)c(O)c(Br)c3)cc2[S-](=O)=O)c(S(=O)(=O)[O-])c1.O=C(CCc1ccc2ccccc2c1)N/N=C/c1cc(Br)c(O)c(Br)c1O.O=C(NCc1ccc(Oc2ccccc2)cc1)c1nc(-c2cc(Br)c(O)c(Br)c2)no1.[Na+].[Na+].[OH3+]. The quantitative estimate of drug-likeness (QED) is 0.00326. The van der Waals surface area contributed by atoms with Gasteiger partial charge in [0.1, 0.15) is 55.0 Å². The van der Waals surface area contributed by atoms with Gasteiger partial charge in [0, 0.05) is 42.5 Å². The van der Waals surface area contributed by atoms with Crippen molar-refractivity contribution in [2.24, 2.45) is 16.1 Å². The first-order valence-corrected chi connectivity index (χ1v) is 42.2. The van der Waals surface area contributed by atoms with Gasteiger partial charge in [0.2, 0.25) is 11.7 Å². The summed E-state index contributed by atoms with van der Waals surface area (Å²) in [6, 6.07) is 60.3. The van der Waals surface area contributed by atoms with Crippen LogP contribution < -0.4 is 107 Å². The number of halogens is 6. The molecule has 0 fully saturated rings. The van der Waals surface area contributed by atoms with Crippen molar-refractivity contribution in [3.63, 3.8) is 0 Å². The smallest absolute Gasteiger partial charge is 0.744 e. The zero-order chi connectivity index (χ0) is 84.0. The summed E-state index contributed by atoms with van der Waals surface area (Å²) in [5, 5.41) is 66.3. The molecule has 0 aliphatic rings. The number of phenols is 4. The van der Waals surface area contributed by atoms with Crippen LogP contribution in [0.25, 0.3) is 45.1 Å². The number of aromatic hydroxyl groups is 4. The zero-order valence-electron chi connectivity index (χ0n) is 62.9. The number of para-hydroxylation sites is 1. The number of aryl methyl sites for hydroxylation is 1. The molecule has 0 saturated heterocycles. The number of aromatic nitrogens is 2. The van der Waals surface area contributed by atoms with E-state index in [1.54, 1.807) is 37.4 Å². The van der Waals surface area contributed by atoms with Crippen LogP contribution in [-0.4, -0.2) is 96.9 Å². The summed E-state index contributed by atoms with van der Waals surface area (Å²) in [7, 11) is -6.17. The van der Waals surface area contributed by atoms with E-state index in [0.29, 0.717) is 69.8 Å². The molecule has 120 heavy (non-hydrogen) atoms. The van der Waals surface area contributed by atoms with Gasteiger partial charge in [-0.1, -0.05) is 156 Å². The second kappa shape index (κ2) is 46.9. The number of fused-ring (bicyclic) bond motifs is 2. The molecule has 28 nitrogen and oxygen atoms in total. The molecule has 0 saturated carbocycles. The summed E-state index contributed by atoms with van der Waals surface area (Å²) >= 11 is 29.6. The summed E-state index contributed by atoms with van der Waals surface area (Å²) in [6.07, 6.45) is 6.15. The van der Waals surface area contributed by atoms with Crippen LogP contribution in [0.4, 0.5) is 11.4 Å². The summed E-state index contributed by atoms with van der Waals surface area (Å²) in [4.78, 5) is 54.7. The molecule has 4 amide bonds. The number of amides is 4. The maximum atomic E-state index is 13.5. The van der Waals surface area contributed by atoms with Gasteiger partial charge < -0.3 is 69.4 Å². The normalized spacial score (nSPS) is 11.2. The Morgan fingerprint density at radius 3 is 1.73 bits per heavy atom. The van der Waals surface area contributed by atoms with Crippen LogP contribution in [0, 0.1) is 5.92 Å². The molecule has 0 bridgehead atoms. The van der Waals surface area contributed by atoms with Gasteiger partial charge >= 0.3 is 70.9 Å². The molecule has 40 heteroatoms. The molecule has 15 N–H and O–H groups in total. The molecule has 12 aromatic rings. The molecule has 1 atom stereocenters. The molecule has 0 spiro atoms. The van der Waals surface area contributed by atoms with Crippen LogP contribution in [0.1, 0.15) is 56.1 Å². The number of carbonyl (C=O) groups excluding carboxylic acids is 4. The molecular weight excluding hydrogens is 2040 g/mol. The number of nitrogens with one attached hydrogen (secondary N) is 8. The average Bonchev–Trinajstić information content (AvgIpc) is 1.16. The number of nitrogens with zero attached hydrogens (tertiary/aromatic N) is 4. The predicted octanol–water partition coefficient (Wildman–Crippen LogP) is 9.69. The minimum Gasteiger partial charge on any atom is -0.744 e. The van der Waals surface area contributed by atoms with Crippen molar-refractivity contribution < 1.29 is 135 Å². The topological polar surface area (TPSA) is 443 Å². The van der Waals surface area contributed by atoms with Crippen LogP contribution >= 0.6 is 120 Å². The van der Waals surface area contributed by atoms with Crippen molar-refractivity contribution in [2.45, 2.75) is 35.6 Å². The molecule has 0 aliphatic carbocycles. The van der Waals surface area contributed by atoms with Gasteiger partial charge in [-0.2, -0.15) is 15.2 Å². The summed E-state index contributed by atoms with van der Waals surface area (Å²) < 4.78 is 73.8. The minimum absolute atomic E-state index is 0. The Morgan fingerprint density at radius 2 is 1.11 bits per heavy atom. The maximum Gasteiger partial charge on any atom is 1.00 e. The van der Waals surface area contributed by atoms with Gasteiger partial charge in [-0.25, -0.2) is 19.3 Å². The Hall–Kier alpha value is -8.88. The number of hydrazone groups is 2. The van der Waals surface area contributed by atoms with Gasteiger partial charge in [-0.3, -0.25) is 30.0 Å². The summed E-state index contributed by atoms with van der Waals surface area (Å²) in [5.41, 5.74) is 14.5. The van der Waals surface area contributed by atoms with Crippen molar-refractivity contribution in [1.82, 2.24) is 42.5 Å². The number of phenolic OH excluding ortho intramolecular Hbond substituents is 4. The van der Waals surface area contributed by atoms with Gasteiger partial charge in [-0.05, 0) is 271 Å². The molecule has 1 aromatic heterocycles. The van der Waals surface area contributed by atoms with Crippen molar-refractivity contribution in [3.8, 4) is 45.9 Å². The van der Waals surface area contributed by atoms with Crippen LogP contribution in [0.2, 0.25) is 0 Å². The summed E-state index contributed by atoms with van der Waals surface area (Å²) in [5.74, 6) is -2.20. The van der Waals surface area contributed by atoms with E-state index in [2.05, 4.69) is 171 Å². The minimum atomic E-state index is -4.94. The number of hydrazine groups is 1. The number of benzene rings is 11. The summed E-state index contributed by atoms with van der Waals surface area (Å²) in [6.45, 7) is 0.290. The Balaban J connectivity index is 0.000000272. The van der Waals surface area contributed by atoms with Crippen LogP contribution in [-0.2, 0) is 68.5 Å². The van der Waals surface area contributed by atoms with Crippen molar-refractivity contribution in [3.05, 3.63) is 278 Å². The zero-order valence-corrected chi connectivity index (χ0v) is 79.7. The molecular formula is C80H65Br6N12Na2O16S4+. The van der Waals surface area contributed by atoms with Crippen molar-refractivity contribution >= 4 is 232 Å². The third kappa shape index (κ3) is 28.4. The second-order valence-electron chi connectivity index (χ2n) is 24.7. The Bertz CT molecular complexity index is 6030. The molecule has 0 radical (unpaired) electrons. The van der Waals surface area contributed by atoms with Crippen LogP contribution in [0.3, 0.4) is 0 Å². The fraction of sp³-hybridized carbons (Fsp3) is 0.0750. The first kappa shape index (κ1) is 98.2.